The Morgan fingerprint density at radius 2 is 1.94 bits per heavy atom. The molecular formula is C12H15NO4. The normalized spacial score (nSPS) is 11.7. The number of benzene rings is 1. The average molecular weight is 237 g/mol. The number of ketones is 1. The van der Waals surface area contributed by atoms with E-state index in [1.165, 1.54) is 0 Å². The zero-order valence-electron chi connectivity index (χ0n) is 9.77. The van der Waals surface area contributed by atoms with E-state index in [-0.39, 0.29) is 6.61 Å². The second kappa shape index (κ2) is 6.00. The number of ether oxygens (including phenoxy) is 1. The van der Waals surface area contributed by atoms with E-state index < -0.39 is 18.1 Å². The third kappa shape index (κ3) is 3.88. The molecule has 92 valence electrons. The predicted molar refractivity (Wildman–Crippen MR) is 61.7 cm³/mol. The number of alkyl carbamates (subject to hydrolysis) is 1. The Bertz CT molecular complexity index is 399. The zero-order valence-corrected chi connectivity index (χ0v) is 9.77. The summed E-state index contributed by atoms with van der Waals surface area (Å²) < 4.78 is 4.56. The highest BCUT2D eigenvalue weighted by atomic mass is 16.5. The molecule has 0 fully saturated rings. The fourth-order valence-corrected chi connectivity index (χ4v) is 1.23. The zero-order chi connectivity index (χ0) is 12.8. The van der Waals surface area contributed by atoms with Crippen LogP contribution in [0.2, 0.25) is 0 Å². The lowest BCUT2D eigenvalue weighted by atomic mass is 10.1. The molecule has 0 aliphatic heterocycles. The number of carbonyl (C=O) groups excluding carboxylic acids is 2. The van der Waals surface area contributed by atoms with E-state index >= 15 is 0 Å². The van der Waals surface area contributed by atoms with Gasteiger partial charge in [0.25, 0.3) is 0 Å². The maximum Gasteiger partial charge on any atom is 0.409 e. The summed E-state index contributed by atoms with van der Waals surface area (Å²) in [6.07, 6.45) is -2.41. The number of rotatable bonds is 4. The average Bonchev–Trinajstić information content (AvgIpc) is 2.29. The van der Waals surface area contributed by atoms with Gasteiger partial charge >= 0.3 is 6.09 Å². The number of hydrogen-bond acceptors (Lipinski definition) is 4. The lowest BCUT2D eigenvalue weighted by Crippen LogP contribution is -2.40. The first-order valence-electron chi connectivity index (χ1n) is 5.27. The number of amides is 1. The number of Topliss-reactive ketones (excluding diaryl/α,β-unsaturated/α-hetero) is 1. The number of aliphatic hydroxyl groups excluding tert-OH is 1. The molecule has 0 aromatic heterocycles. The minimum Gasteiger partial charge on any atom is -0.450 e. The summed E-state index contributed by atoms with van der Waals surface area (Å²) >= 11 is 0. The Hall–Kier alpha value is -1.88. The quantitative estimate of drug-likeness (QED) is 0.610. The van der Waals surface area contributed by atoms with Crippen LogP contribution in [-0.2, 0) is 4.74 Å². The highest BCUT2D eigenvalue weighted by Gasteiger charge is 2.19. The topological polar surface area (TPSA) is 75.6 Å². The fourth-order valence-electron chi connectivity index (χ4n) is 1.23. The molecule has 17 heavy (non-hydrogen) atoms. The highest BCUT2D eigenvalue weighted by Crippen LogP contribution is 2.05. The minimum absolute atomic E-state index is 0.178. The van der Waals surface area contributed by atoms with Crippen molar-refractivity contribution in [1.29, 1.82) is 0 Å². The van der Waals surface area contributed by atoms with Gasteiger partial charge in [-0.25, -0.2) is 4.79 Å². The molecule has 1 aromatic rings. The summed E-state index contributed by atoms with van der Waals surface area (Å²) in [7, 11) is 0. The molecule has 5 nitrogen and oxygen atoms in total. The molecule has 5 heteroatoms. The molecule has 0 aliphatic rings. The van der Waals surface area contributed by atoms with Crippen LogP contribution in [0.15, 0.2) is 24.3 Å². The second-order valence-electron chi connectivity index (χ2n) is 3.50. The van der Waals surface area contributed by atoms with E-state index in [2.05, 4.69) is 4.74 Å². The largest absolute Gasteiger partial charge is 0.450 e. The van der Waals surface area contributed by atoms with Gasteiger partial charge in [-0.05, 0) is 13.8 Å². The van der Waals surface area contributed by atoms with Crippen molar-refractivity contribution in [2.45, 2.75) is 20.1 Å². The van der Waals surface area contributed by atoms with E-state index in [4.69, 9.17) is 0 Å². The van der Waals surface area contributed by atoms with Crippen LogP contribution in [0.1, 0.15) is 22.8 Å². The Balaban J connectivity index is 2.63. The van der Waals surface area contributed by atoms with Crippen LogP contribution in [0, 0.1) is 6.92 Å². The van der Waals surface area contributed by atoms with Crippen LogP contribution >= 0.6 is 0 Å². The number of aliphatic hydroxyl groups is 1. The maximum absolute atomic E-state index is 11.7. The van der Waals surface area contributed by atoms with Crippen molar-refractivity contribution in [3.05, 3.63) is 35.4 Å². The Kier molecular flexibility index (Phi) is 4.66. The summed E-state index contributed by atoms with van der Waals surface area (Å²) in [4.78, 5) is 22.7. The molecule has 1 aromatic carbocycles. The monoisotopic (exact) mass is 237 g/mol. The summed E-state index contributed by atoms with van der Waals surface area (Å²) in [5.41, 5.74) is 1.34. The second-order valence-corrected chi connectivity index (χ2v) is 3.50. The molecular weight excluding hydrogens is 222 g/mol. The van der Waals surface area contributed by atoms with E-state index in [0.29, 0.717) is 5.56 Å². The predicted octanol–water partition coefficient (Wildman–Crippen LogP) is 1.24. The van der Waals surface area contributed by atoms with E-state index in [1.54, 1.807) is 31.2 Å². The molecule has 0 aliphatic carbocycles. The lowest BCUT2D eigenvalue weighted by molar-refractivity contribution is 0.0635. The van der Waals surface area contributed by atoms with Crippen molar-refractivity contribution >= 4 is 11.9 Å². The van der Waals surface area contributed by atoms with Gasteiger partial charge in [0.05, 0.1) is 6.61 Å². The van der Waals surface area contributed by atoms with Crippen molar-refractivity contribution in [2.75, 3.05) is 6.61 Å². The van der Waals surface area contributed by atoms with Crippen molar-refractivity contribution in [3.8, 4) is 0 Å². The highest BCUT2D eigenvalue weighted by molar-refractivity contribution is 6.00. The van der Waals surface area contributed by atoms with Crippen LogP contribution < -0.4 is 5.32 Å². The van der Waals surface area contributed by atoms with Gasteiger partial charge in [0.1, 0.15) is 0 Å². The molecule has 0 unspecified atom stereocenters. The molecule has 0 spiro atoms. The Labute approximate surface area is 99.4 Å². The van der Waals surface area contributed by atoms with Crippen molar-refractivity contribution in [1.82, 2.24) is 5.32 Å². The van der Waals surface area contributed by atoms with Crippen molar-refractivity contribution < 1.29 is 19.4 Å². The van der Waals surface area contributed by atoms with Crippen LogP contribution in [0.3, 0.4) is 0 Å². The summed E-state index contributed by atoms with van der Waals surface area (Å²) in [5.74, 6) is -0.571. The standard InChI is InChI=1S/C12H15NO4/c1-3-17-12(16)13-11(15)10(14)9-6-4-8(2)5-7-9/h4-7,11,15H,3H2,1-2H3,(H,13,16)/t11-/m1/s1. The van der Waals surface area contributed by atoms with Gasteiger partial charge in [-0.1, -0.05) is 29.8 Å². The van der Waals surface area contributed by atoms with Crippen LogP contribution in [-0.4, -0.2) is 29.8 Å². The first-order valence-corrected chi connectivity index (χ1v) is 5.27. The third-order valence-electron chi connectivity index (χ3n) is 2.11. The molecule has 1 amide bonds. The van der Waals surface area contributed by atoms with Gasteiger partial charge in [0.15, 0.2) is 6.23 Å². The number of aryl methyl sites for hydroxylation is 1. The Morgan fingerprint density at radius 1 is 1.35 bits per heavy atom. The van der Waals surface area contributed by atoms with Crippen LogP contribution in [0.5, 0.6) is 0 Å². The lowest BCUT2D eigenvalue weighted by Gasteiger charge is -2.11. The number of nitrogens with one attached hydrogen (secondary N) is 1. The summed E-state index contributed by atoms with van der Waals surface area (Å²) in [5, 5.41) is 11.5. The van der Waals surface area contributed by atoms with Gasteiger partial charge in [0.2, 0.25) is 5.78 Å². The molecule has 1 atom stereocenters. The smallest absolute Gasteiger partial charge is 0.409 e. The summed E-state index contributed by atoms with van der Waals surface area (Å²) in [6, 6.07) is 6.69. The fraction of sp³-hybridized carbons (Fsp3) is 0.333. The number of carbonyl (C=O) groups is 2. The van der Waals surface area contributed by atoms with Gasteiger partial charge < -0.3 is 9.84 Å². The van der Waals surface area contributed by atoms with E-state index in [1.807, 2.05) is 12.2 Å². The van der Waals surface area contributed by atoms with Gasteiger partial charge in [0, 0.05) is 5.56 Å². The minimum atomic E-state index is -1.59. The SMILES string of the molecule is CCOC(=O)N[C@H](O)C(=O)c1ccc(C)cc1. The molecule has 0 radical (unpaired) electrons. The molecule has 0 saturated heterocycles. The third-order valence-corrected chi connectivity index (χ3v) is 2.11. The van der Waals surface area contributed by atoms with Crippen LogP contribution in [0.25, 0.3) is 0 Å². The van der Waals surface area contributed by atoms with E-state index in [9.17, 15) is 14.7 Å². The van der Waals surface area contributed by atoms with Gasteiger partial charge in [-0.3, -0.25) is 10.1 Å². The van der Waals surface area contributed by atoms with Gasteiger partial charge in [-0.15, -0.1) is 0 Å². The van der Waals surface area contributed by atoms with E-state index in [0.717, 1.165) is 5.56 Å². The molecule has 1 rings (SSSR count). The van der Waals surface area contributed by atoms with Crippen molar-refractivity contribution in [3.63, 3.8) is 0 Å². The van der Waals surface area contributed by atoms with Crippen LogP contribution in [0.4, 0.5) is 4.79 Å². The van der Waals surface area contributed by atoms with Gasteiger partial charge in [-0.2, -0.15) is 0 Å². The molecule has 2 N–H and O–H groups in total. The molecule has 0 bridgehead atoms. The summed E-state index contributed by atoms with van der Waals surface area (Å²) in [6.45, 7) is 3.70. The first kappa shape index (κ1) is 13.2. The first-order chi connectivity index (χ1) is 8.04. The molecule has 0 saturated carbocycles. The van der Waals surface area contributed by atoms with Crippen molar-refractivity contribution in [2.24, 2.45) is 0 Å². The molecule has 0 heterocycles. The Morgan fingerprint density at radius 3 is 2.47 bits per heavy atom. The number of hydrogen-bond donors (Lipinski definition) is 2. The maximum atomic E-state index is 11.7.